The molecule has 28 heavy (non-hydrogen) atoms. The van der Waals surface area contributed by atoms with E-state index in [1.165, 1.54) is 0 Å². The molecule has 0 spiro atoms. The summed E-state index contributed by atoms with van der Waals surface area (Å²) in [5, 5.41) is 2.07. The zero-order chi connectivity index (χ0) is 18.2. The second-order valence-corrected chi connectivity index (χ2v) is 7.07. The summed E-state index contributed by atoms with van der Waals surface area (Å²) in [6, 6.07) is 22.7. The molecule has 7 rings (SSSR count). The average molecular weight is 359 g/mol. The van der Waals surface area contributed by atoms with Gasteiger partial charge in [-0.2, -0.15) is 0 Å². The van der Waals surface area contributed by atoms with Crippen LogP contribution in [0.3, 0.4) is 0 Å². The lowest BCUT2D eigenvalue weighted by atomic mass is 10.2. The standard InChI is InChI=1S/C23H13N5/c1-3-7-20-18(5-1)25-22-14-13-15-17(24-16(14)9-11-27(20)22)10-12-28-21-8-4-2-6-19(21)26-23(15)28/h1-13H. The van der Waals surface area contributed by atoms with E-state index in [2.05, 4.69) is 39.1 Å². The molecule has 0 fully saturated rings. The maximum atomic E-state index is 4.91. The highest BCUT2D eigenvalue weighted by atomic mass is 15.0. The average Bonchev–Trinajstić information content (AvgIpc) is 3.31. The molecule has 0 N–H and O–H groups in total. The fraction of sp³-hybridized carbons (Fsp3) is 0. The van der Waals surface area contributed by atoms with Crippen LogP contribution in [-0.2, 0) is 0 Å². The summed E-state index contributed by atoms with van der Waals surface area (Å²) in [5.74, 6) is 0. The molecule has 0 aliphatic rings. The zero-order valence-corrected chi connectivity index (χ0v) is 14.7. The monoisotopic (exact) mass is 359 g/mol. The summed E-state index contributed by atoms with van der Waals surface area (Å²) in [5.41, 5.74) is 7.90. The van der Waals surface area contributed by atoms with E-state index in [1.54, 1.807) is 0 Å². The van der Waals surface area contributed by atoms with Crippen LogP contribution in [0, 0.1) is 0 Å². The second kappa shape index (κ2) is 4.84. The normalized spacial score (nSPS) is 12.3. The van der Waals surface area contributed by atoms with Crippen LogP contribution < -0.4 is 0 Å². The van der Waals surface area contributed by atoms with Crippen LogP contribution >= 0.6 is 0 Å². The fourth-order valence-corrected chi connectivity index (χ4v) is 4.22. The van der Waals surface area contributed by atoms with Crippen LogP contribution in [0.15, 0.2) is 79.1 Å². The Labute approximate surface area is 158 Å². The molecule has 0 bridgehead atoms. The first kappa shape index (κ1) is 14.1. The molecule has 5 heterocycles. The molecule has 0 aliphatic heterocycles. The van der Waals surface area contributed by atoms with Crippen LogP contribution in [0.25, 0.3) is 55.2 Å². The molecule has 5 aromatic heterocycles. The van der Waals surface area contributed by atoms with E-state index in [-0.39, 0.29) is 0 Å². The Bertz CT molecular complexity index is 1600. The van der Waals surface area contributed by atoms with Gasteiger partial charge in [0, 0.05) is 23.2 Å². The van der Waals surface area contributed by atoms with Gasteiger partial charge in [0.2, 0.25) is 0 Å². The van der Waals surface area contributed by atoms with Crippen molar-refractivity contribution in [3.05, 3.63) is 79.1 Å². The van der Waals surface area contributed by atoms with Gasteiger partial charge in [-0.05, 0) is 42.5 Å². The predicted octanol–water partition coefficient (Wildman–Crippen LogP) is 4.99. The highest BCUT2D eigenvalue weighted by Crippen LogP contribution is 2.29. The molecule has 0 aliphatic carbocycles. The molecule has 0 amide bonds. The van der Waals surface area contributed by atoms with Gasteiger partial charge in [0.15, 0.2) is 0 Å². The summed E-state index contributed by atoms with van der Waals surface area (Å²) in [6.07, 6.45) is 4.10. The van der Waals surface area contributed by atoms with Crippen molar-refractivity contribution in [3.63, 3.8) is 0 Å². The van der Waals surface area contributed by atoms with Gasteiger partial charge in [-0.3, -0.25) is 8.80 Å². The Hall–Kier alpha value is -3.99. The minimum atomic E-state index is 0.922. The van der Waals surface area contributed by atoms with Gasteiger partial charge < -0.3 is 0 Å². The number of benzene rings is 2. The number of nitrogens with zero attached hydrogens (tertiary/aromatic N) is 5. The summed E-state index contributed by atoms with van der Waals surface area (Å²) < 4.78 is 4.26. The van der Waals surface area contributed by atoms with E-state index in [0.717, 1.165) is 55.2 Å². The first-order chi connectivity index (χ1) is 13.9. The van der Waals surface area contributed by atoms with Crippen LogP contribution in [0.2, 0.25) is 0 Å². The second-order valence-electron chi connectivity index (χ2n) is 7.07. The Morgan fingerprint density at radius 2 is 1.00 bits per heavy atom. The molecule has 130 valence electrons. The van der Waals surface area contributed by atoms with Crippen molar-refractivity contribution in [1.29, 1.82) is 0 Å². The number of hydrogen-bond acceptors (Lipinski definition) is 3. The minimum Gasteiger partial charge on any atom is -0.299 e. The molecule has 0 saturated heterocycles. The number of imidazole rings is 2. The fourth-order valence-electron chi connectivity index (χ4n) is 4.22. The topological polar surface area (TPSA) is 47.5 Å². The molecule has 7 aromatic rings. The van der Waals surface area contributed by atoms with Crippen molar-refractivity contribution in [2.45, 2.75) is 0 Å². The third-order valence-corrected chi connectivity index (χ3v) is 5.52. The van der Waals surface area contributed by atoms with Crippen LogP contribution in [0.1, 0.15) is 0 Å². The van der Waals surface area contributed by atoms with Crippen molar-refractivity contribution in [2.24, 2.45) is 0 Å². The van der Waals surface area contributed by atoms with E-state index in [9.17, 15) is 0 Å². The van der Waals surface area contributed by atoms with Crippen LogP contribution in [0.5, 0.6) is 0 Å². The zero-order valence-electron chi connectivity index (χ0n) is 14.7. The van der Waals surface area contributed by atoms with E-state index in [0.29, 0.717) is 0 Å². The van der Waals surface area contributed by atoms with Gasteiger partial charge in [-0.25, -0.2) is 15.0 Å². The number of rotatable bonds is 0. The summed E-state index contributed by atoms with van der Waals surface area (Å²) in [6.45, 7) is 0. The van der Waals surface area contributed by atoms with Gasteiger partial charge in [0.25, 0.3) is 0 Å². The molecular weight excluding hydrogens is 346 g/mol. The molecule has 2 aromatic carbocycles. The van der Waals surface area contributed by atoms with Crippen molar-refractivity contribution in [1.82, 2.24) is 23.8 Å². The van der Waals surface area contributed by atoms with Gasteiger partial charge in [-0.15, -0.1) is 0 Å². The van der Waals surface area contributed by atoms with E-state index >= 15 is 0 Å². The number of aromatic nitrogens is 5. The van der Waals surface area contributed by atoms with E-state index in [1.807, 2.05) is 48.8 Å². The van der Waals surface area contributed by atoms with Crippen molar-refractivity contribution < 1.29 is 0 Å². The lowest BCUT2D eigenvalue weighted by Gasteiger charge is -2.05. The maximum Gasteiger partial charge on any atom is 0.147 e. The lowest BCUT2D eigenvalue weighted by molar-refractivity contribution is 1.23. The van der Waals surface area contributed by atoms with E-state index in [4.69, 9.17) is 15.0 Å². The Morgan fingerprint density at radius 3 is 1.54 bits per heavy atom. The Kier molecular flexibility index (Phi) is 2.44. The number of hydrogen-bond donors (Lipinski definition) is 0. The smallest absolute Gasteiger partial charge is 0.147 e. The van der Waals surface area contributed by atoms with Gasteiger partial charge in [0.1, 0.15) is 11.3 Å². The third-order valence-electron chi connectivity index (χ3n) is 5.52. The summed E-state index contributed by atoms with van der Waals surface area (Å²) in [7, 11) is 0. The van der Waals surface area contributed by atoms with Gasteiger partial charge in [-0.1, -0.05) is 24.3 Å². The molecule has 5 heteroatoms. The lowest BCUT2D eigenvalue weighted by Crippen LogP contribution is -1.92. The Morgan fingerprint density at radius 1 is 0.500 bits per heavy atom. The predicted molar refractivity (Wildman–Crippen MR) is 112 cm³/mol. The van der Waals surface area contributed by atoms with Crippen molar-refractivity contribution in [3.8, 4) is 0 Å². The van der Waals surface area contributed by atoms with Crippen LogP contribution in [0.4, 0.5) is 0 Å². The first-order valence-corrected chi connectivity index (χ1v) is 9.23. The highest BCUT2D eigenvalue weighted by Gasteiger charge is 2.13. The first-order valence-electron chi connectivity index (χ1n) is 9.23. The number of para-hydroxylation sites is 4. The maximum absolute atomic E-state index is 4.91. The third kappa shape index (κ3) is 1.68. The molecule has 0 atom stereocenters. The van der Waals surface area contributed by atoms with Gasteiger partial charge in [0.05, 0.1) is 33.1 Å². The largest absolute Gasteiger partial charge is 0.299 e. The summed E-state index contributed by atoms with van der Waals surface area (Å²) in [4.78, 5) is 14.6. The minimum absolute atomic E-state index is 0.922. The summed E-state index contributed by atoms with van der Waals surface area (Å²) >= 11 is 0. The molecular formula is C23H13N5. The van der Waals surface area contributed by atoms with Gasteiger partial charge >= 0.3 is 0 Å². The van der Waals surface area contributed by atoms with E-state index < -0.39 is 0 Å². The molecule has 0 radical (unpaired) electrons. The van der Waals surface area contributed by atoms with Crippen molar-refractivity contribution in [2.75, 3.05) is 0 Å². The molecule has 0 saturated carbocycles. The number of pyridine rings is 3. The Balaban J connectivity index is 1.70. The molecule has 5 nitrogen and oxygen atoms in total. The SMILES string of the molecule is c1ccc2c(c1)nc1c3cc4c(ccn5c6ccccc6nc45)nc3ccn21. The highest BCUT2D eigenvalue weighted by molar-refractivity contribution is 6.06. The van der Waals surface area contributed by atoms with Crippen molar-refractivity contribution >= 4 is 55.2 Å². The quantitative estimate of drug-likeness (QED) is 0.358. The molecule has 0 unspecified atom stereocenters. The van der Waals surface area contributed by atoms with Crippen LogP contribution in [-0.4, -0.2) is 23.8 Å². The number of fused-ring (bicyclic) bond motifs is 10.